The van der Waals surface area contributed by atoms with E-state index < -0.39 is 5.97 Å². The number of ether oxygens (including phenoxy) is 2. The van der Waals surface area contributed by atoms with E-state index in [2.05, 4.69) is 25.8 Å². The van der Waals surface area contributed by atoms with E-state index in [0.29, 0.717) is 5.75 Å². The Kier molecular flexibility index (Phi) is 3.66. The Balaban J connectivity index is 2.82. The molecular weight excluding hydrogens is 254 g/mol. The van der Waals surface area contributed by atoms with Gasteiger partial charge in [-0.15, -0.1) is 0 Å². The number of hydrogen-bond donors (Lipinski definition) is 0. The molecule has 0 unspecified atom stereocenters. The van der Waals surface area contributed by atoms with Crippen LogP contribution in [0.3, 0.4) is 0 Å². The first-order chi connectivity index (χ1) is 9.38. The van der Waals surface area contributed by atoms with Gasteiger partial charge in [0.15, 0.2) is 5.69 Å². The summed E-state index contributed by atoms with van der Waals surface area (Å²) in [4.78, 5) is 16.2. The van der Waals surface area contributed by atoms with Crippen LogP contribution in [0, 0.1) is 0 Å². The number of esters is 1. The molecule has 0 aliphatic carbocycles. The van der Waals surface area contributed by atoms with Crippen LogP contribution in [0.5, 0.6) is 5.75 Å². The smallest absolute Gasteiger partial charge is 0.356 e. The number of rotatable bonds is 2. The number of pyridine rings is 1. The highest BCUT2D eigenvalue weighted by atomic mass is 16.5. The van der Waals surface area contributed by atoms with Crippen molar-refractivity contribution in [3.05, 3.63) is 35.5 Å². The van der Waals surface area contributed by atoms with Gasteiger partial charge in [0, 0.05) is 11.5 Å². The summed E-state index contributed by atoms with van der Waals surface area (Å²) in [5, 5.41) is 0.896. The highest BCUT2D eigenvalue weighted by Crippen LogP contribution is 2.33. The molecule has 1 aromatic heterocycles. The zero-order valence-corrected chi connectivity index (χ0v) is 12.5. The summed E-state index contributed by atoms with van der Waals surface area (Å²) in [7, 11) is 2.93. The van der Waals surface area contributed by atoms with Gasteiger partial charge < -0.3 is 9.47 Å². The van der Waals surface area contributed by atoms with Crippen molar-refractivity contribution in [3.8, 4) is 5.75 Å². The fourth-order valence-electron chi connectivity index (χ4n) is 2.20. The van der Waals surface area contributed by atoms with Gasteiger partial charge in [0.2, 0.25) is 0 Å². The zero-order chi connectivity index (χ0) is 14.9. The van der Waals surface area contributed by atoms with Gasteiger partial charge in [-0.1, -0.05) is 32.9 Å². The molecule has 2 rings (SSSR count). The van der Waals surface area contributed by atoms with Crippen molar-refractivity contribution >= 4 is 16.9 Å². The van der Waals surface area contributed by atoms with E-state index >= 15 is 0 Å². The molecule has 0 radical (unpaired) electrons. The Bertz CT molecular complexity index is 657. The number of fused-ring (bicyclic) bond motifs is 1. The van der Waals surface area contributed by atoms with Gasteiger partial charge in [0.25, 0.3) is 0 Å². The number of carbonyl (C=O) groups excluding carboxylic acids is 1. The maximum Gasteiger partial charge on any atom is 0.356 e. The predicted octanol–water partition coefficient (Wildman–Crippen LogP) is 3.33. The summed E-state index contributed by atoms with van der Waals surface area (Å²) in [5.41, 5.74) is 2.03. The Hall–Kier alpha value is -2.10. The summed E-state index contributed by atoms with van der Waals surface area (Å²) in [6, 6.07) is 7.55. The fraction of sp³-hybridized carbons (Fsp3) is 0.375. The van der Waals surface area contributed by atoms with E-state index in [1.54, 1.807) is 13.2 Å². The molecule has 0 bridgehead atoms. The van der Waals surface area contributed by atoms with Crippen molar-refractivity contribution in [2.24, 2.45) is 0 Å². The van der Waals surface area contributed by atoms with Crippen molar-refractivity contribution in [1.29, 1.82) is 0 Å². The fourth-order valence-corrected chi connectivity index (χ4v) is 2.20. The van der Waals surface area contributed by atoms with Crippen LogP contribution >= 0.6 is 0 Å². The molecule has 0 saturated carbocycles. The maximum atomic E-state index is 11.7. The van der Waals surface area contributed by atoms with Crippen molar-refractivity contribution in [3.63, 3.8) is 0 Å². The van der Waals surface area contributed by atoms with Crippen molar-refractivity contribution in [2.75, 3.05) is 14.2 Å². The lowest BCUT2D eigenvalue weighted by Gasteiger charge is -2.21. The SMILES string of the molecule is COC(=O)c1cc(OC)c2cccc(C(C)(C)C)c2n1. The lowest BCUT2D eigenvalue weighted by atomic mass is 9.85. The van der Waals surface area contributed by atoms with Gasteiger partial charge >= 0.3 is 5.97 Å². The number of benzene rings is 1. The third-order valence-electron chi connectivity index (χ3n) is 3.22. The van der Waals surface area contributed by atoms with Crippen molar-refractivity contribution in [1.82, 2.24) is 4.98 Å². The van der Waals surface area contributed by atoms with E-state index in [1.165, 1.54) is 7.11 Å². The topological polar surface area (TPSA) is 48.4 Å². The Morgan fingerprint density at radius 3 is 2.45 bits per heavy atom. The average Bonchev–Trinajstić information content (AvgIpc) is 2.43. The second-order valence-corrected chi connectivity index (χ2v) is 5.65. The Labute approximate surface area is 118 Å². The summed E-state index contributed by atoms with van der Waals surface area (Å²) < 4.78 is 10.1. The van der Waals surface area contributed by atoms with Crippen LogP contribution in [0.4, 0.5) is 0 Å². The van der Waals surface area contributed by atoms with Crippen LogP contribution in [-0.2, 0) is 10.2 Å². The number of hydrogen-bond acceptors (Lipinski definition) is 4. The standard InChI is InChI=1S/C16H19NO3/c1-16(2,3)11-8-6-7-10-13(19-4)9-12(15(18)20-5)17-14(10)11/h6-9H,1-5H3. The molecule has 1 heterocycles. The second-order valence-electron chi connectivity index (χ2n) is 5.65. The quantitative estimate of drug-likeness (QED) is 0.787. The molecule has 0 amide bonds. The molecule has 4 nitrogen and oxygen atoms in total. The highest BCUT2D eigenvalue weighted by Gasteiger charge is 2.21. The monoisotopic (exact) mass is 273 g/mol. The number of para-hydroxylation sites is 1. The molecule has 0 saturated heterocycles. The lowest BCUT2D eigenvalue weighted by molar-refractivity contribution is 0.0594. The first kappa shape index (κ1) is 14.3. The number of aromatic nitrogens is 1. The largest absolute Gasteiger partial charge is 0.496 e. The Morgan fingerprint density at radius 2 is 1.90 bits per heavy atom. The molecular formula is C16H19NO3. The molecule has 2 aromatic rings. The second kappa shape index (κ2) is 5.12. The summed E-state index contributed by atoms with van der Waals surface area (Å²) in [6.45, 7) is 6.34. The first-order valence-electron chi connectivity index (χ1n) is 6.45. The third kappa shape index (κ3) is 2.46. The maximum absolute atomic E-state index is 11.7. The molecule has 0 aliphatic rings. The third-order valence-corrected chi connectivity index (χ3v) is 3.22. The van der Waals surface area contributed by atoms with Crippen LogP contribution < -0.4 is 4.74 Å². The van der Waals surface area contributed by atoms with E-state index in [1.807, 2.05) is 18.2 Å². The molecule has 0 aliphatic heterocycles. The summed E-state index contributed by atoms with van der Waals surface area (Å²) in [5.74, 6) is 0.162. The van der Waals surface area contributed by atoms with Crippen molar-refractivity contribution in [2.45, 2.75) is 26.2 Å². The van der Waals surface area contributed by atoms with Crippen LogP contribution in [-0.4, -0.2) is 25.2 Å². The van der Waals surface area contributed by atoms with Gasteiger partial charge in [-0.2, -0.15) is 0 Å². The minimum absolute atomic E-state index is 0.0771. The summed E-state index contributed by atoms with van der Waals surface area (Å²) >= 11 is 0. The normalized spacial score (nSPS) is 11.4. The van der Waals surface area contributed by atoms with Gasteiger partial charge in [0.05, 0.1) is 19.7 Å². The number of carbonyl (C=O) groups is 1. The molecule has 0 fully saturated rings. The van der Waals surface area contributed by atoms with Gasteiger partial charge in [-0.05, 0) is 17.0 Å². The Morgan fingerprint density at radius 1 is 1.20 bits per heavy atom. The van der Waals surface area contributed by atoms with Crippen LogP contribution in [0.15, 0.2) is 24.3 Å². The van der Waals surface area contributed by atoms with Gasteiger partial charge in [0.1, 0.15) is 5.75 Å². The summed E-state index contributed by atoms with van der Waals surface area (Å²) in [6.07, 6.45) is 0. The number of methoxy groups -OCH3 is 2. The predicted molar refractivity (Wildman–Crippen MR) is 78.3 cm³/mol. The minimum atomic E-state index is -0.464. The van der Waals surface area contributed by atoms with Crippen LogP contribution in [0.2, 0.25) is 0 Å². The van der Waals surface area contributed by atoms with E-state index in [4.69, 9.17) is 9.47 Å². The van der Waals surface area contributed by atoms with E-state index in [9.17, 15) is 4.79 Å². The average molecular weight is 273 g/mol. The highest BCUT2D eigenvalue weighted by molar-refractivity contribution is 5.95. The van der Waals surface area contributed by atoms with Gasteiger partial charge in [-0.25, -0.2) is 9.78 Å². The molecule has 4 heteroatoms. The van der Waals surface area contributed by atoms with Crippen LogP contribution in [0.1, 0.15) is 36.8 Å². The first-order valence-corrected chi connectivity index (χ1v) is 6.45. The van der Waals surface area contributed by atoms with Crippen molar-refractivity contribution < 1.29 is 14.3 Å². The molecule has 0 N–H and O–H groups in total. The molecule has 0 atom stereocenters. The molecule has 0 spiro atoms. The van der Waals surface area contributed by atoms with Gasteiger partial charge in [-0.3, -0.25) is 0 Å². The molecule has 20 heavy (non-hydrogen) atoms. The molecule has 106 valence electrons. The number of nitrogens with zero attached hydrogens (tertiary/aromatic N) is 1. The van der Waals surface area contributed by atoms with E-state index in [0.717, 1.165) is 16.5 Å². The lowest BCUT2D eigenvalue weighted by Crippen LogP contribution is -2.13. The molecule has 1 aromatic carbocycles. The van der Waals surface area contributed by atoms with E-state index in [-0.39, 0.29) is 11.1 Å². The van der Waals surface area contributed by atoms with Crippen LogP contribution in [0.25, 0.3) is 10.9 Å². The zero-order valence-electron chi connectivity index (χ0n) is 12.5. The minimum Gasteiger partial charge on any atom is -0.496 e.